The van der Waals surface area contributed by atoms with Crippen molar-refractivity contribution in [2.45, 2.75) is 12.0 Å². The van der Waals surface area contributed by atoms with Gasteiger partial charge < -0.3 is 10.1 Å². The van der Waals surface area contributed by atoms with E-state index in [1.165, 1.54) is 0 Å². The van der Waals surface area contributed by atoms with Crippen LogP contribution in [0, 0.1) is 11.6 Å². The minimum absolute atomic E-state index is 0. The van der Waals surface area contributed by atoms with Crippen molar-refractivity contribution in [3.05, 3.63) is 34.4 Å². The maximum Gasteiger partial charge on any atom is 0.408 e. The average molecular weight is 320 g/mol. The van der Waals surface area contributed by atoms with Crippen molar-refractivity contribution in [1.29, 1.82) is 0 Å². The molecule has 1 heterocycles. The molecule has 2 rings (SSSR count). The first kappa shape index (κ1) is 15.8. The molecular formula is C10H7Cl2F4NO2. The van der Waals surface area contributed by atoms with E-state index >= 15 is 0 Å². The molecular weight excluding hydrogens is 313 g/mol. The monoisotopic (exact) mass is 319 g/mol. The molecule has 0 bridgehead atoms. The number of cyclic esters (lactones) is 1. The molecule has 1 amide bonds. The quantitative estimate of drug-likeness (QED) is 0.805. The maximum absolute atomic E-state index is 13.5. The minimum Gasteiger partial charge on any atom is -0.443 e. The van der Waals surface area contributed by atoms with Crippen molar-refractivity contribution in [2.75, 3.05) is 6.61 Å². The normalized spacial score (nSPS) is 21.1. The number of amides is 1. The smallest absolute Gasteiger partial charge is 0.408 e. The number of alkyl carbamates (subject to hydrolysis) is 1. The van der Waals surface area contributed by atoms with Gasteiger partial charge in [0.1, 0.15) is 17.7 Å². The molecule has 0 unspecified atom stereocenters. The number of halogens is 6. The number of hydrogen-bond donors (Lipinski definition) is 1. The molecule has 1 aromatic carbocycles. The lowest BCUT2D eigenvalue weighted by Crippen LogP contribution is -2.50. The summed E-state index contributed by atoms with van der Waals surface area (Å²) in [7, 11) is 0. The van der Waals surface area contributed by atoms with Gasteiger partial charge >= 0.3 is 12.0 Å². The van der Waals surface area contributed by atoms with Crippen LogP contribution in [0.1, 0.15) is 11.6 Å². The molecule has 3 nitrogen and oxygen atoms in total. The molecule has 106 valence electrons. The van der Waals surface area contributed by atoms with Crippen molar-refractivity contribution in [1.82, 2.24) is 5.32 Å². The molecule has 1 atom stereocenters. The van der Waals surface area contributed by atoms with E-state index in [1.54, 1.807) is 5.32 Å². The highest BCUT2D eigenvalue weighted by molar-refractivity contribution is 6.30. The van der Waals surface area contributed by atoms with Crippen LogP contribution in [0.2, 0.25) is 5.02 Å². The van der Waals surface area contributed by atoms with Crippen LogP contribution in [0.5, 0.6) is 0 Å². The minimum atomic E-state index is -3.62. The molecule has 0 saturated carbocycles. The van der Waals surface area contributed by atoms with Crippen molar-refractivity contribution >= 4 is 30.1 Å². The van der Waals surface area contributed by atoms with Gasteiger partial charge in [0.05, 0.1) is 5.56 Å². The van der Waals surface area contributed by atoms with Crippen molar-refractivity contribution in [2.24, 2.45) is 0 Å². The molecule has 19 heavy (non-hydrogen) atoms. The Morgan fingerprint density at radius 3 is 2.37 bits per heavy atom. The fourth-order valence-corrected chi connectivity index (χ4v) is 1.81. The Morgan fingerprint density at radius 1 is 1.32 bits per heavy atom. The van der Waals surface area contributed by atoms with Gasteiger partial charge in [-0.05, 0) is 12.1 Å². The number of rotatable bonds is 1. The summed E-state index contributed by atoms with van der Waals surface area (Å²) in [5.74, 6) is -6.14. The Bertz CT molecular complexity index is 489. The summed E-state index contributed by atoms with van der Waals surface area (Å²) in [6.07, 6.45) is -1.17. The Kier molecular flexibility index (Phi) is 4.52. The second-order valence-electron chi connectivity index (χ2n) is 3.70. The van der Waals surface area contributed by atoms with E-state index in [1.807, 2.05) is 0 Å². The van der Waals surface area contributed by atoms with Gasteiger partial charge in [-0.3, -0.25) is 0 Å². The number of benzene rings is 1. The van der Waals surface area contributed by atoms with Gasteiger partial charge in [0.2, 0.25) is 0 Å². The number of ether oxygens (including phenoxy) is 1. The summed E-state index contributed by atoms with van der Waals surface area (Å²) >= 11 is 5.38. The van der Waals surface area contributed by atoms with Crippen LogP contribution in [0.25, 0.3) is 0 Å². The summed E-state index contributed by atoms with van der Waals surface area (Å²) in [6, 6.07) is -0.744. The van der Waals surface area contributed by atoms with Crippen molar-refractivity contribution < 1.29 is 27.1 Å². The van der Waals surface area contributed by atoms with Gasteiger partial charge in [0, 0.05) is 5.02 Å². The number of alkyl halides is 2. The van der Waals surface area contributed by atoms with Gasteiger partial charge in [-0.1, -0.05) is 11.6 Å². The fourth-order valence-electron chi connectivity index (χ4n) is 1.62. The van der Waals surface area contributed by atoms with E-state index in [0.29, 0.717) is 12.1 Å². The lowest BCUT2D eigenvalue weighted by Gasteiger charge is -2.32. The van der Waals surface area contributed by atoms with Crippen LogP contribution in [0.15, 0.2) is 12.1 Å². The second kappa shape index (κ2) is 5.42. The molecule has 9 heteroatoms. The Morgan fingerprint density at radius 2 is 1.84 bits per heavy atom. The van der Waals surface area contributed by atoms with Gasteiger partial charge in [-0.25, -0.2) is 22.4 Å². The van der Waals surface area contributed by atoms with E-state index < -0.39 is 41.9 Å². The third kappa shape index (κ3) is 3.03. The molecule has 1 fully saturated rings. The number of carbonyl (C=O) groups excluding carboxylic acids is 1. The van der Waals surface area contributed by atoms with Crippen LogP contribution in [-0.4, -0.2) is 18.6 Å². The van der Waals surface area contributed by atoms with E-state index in [2.05, 4.69) is 4.74 Å². The van der Waals surface area contributed by atoms with Gasteiger partial charge in [0.15, 0.2) is 6.61 Å². The van der Waals surface area contributed by atoms with Gasteiger partial charge in [0.25, 0.3) is 0 Å². The summed E-state index contributed by atoms with van der Waals surface area (Å²) in [4.78, 5) is 10.9. The largest absolute Gasteiger partial charge is 0.443 e. The zero-order valence-corrected chi connectivity index (χ0v) is 10.6. The Balaban J connectivity index is 0.00000180. The van der Waals surface area contributed by atoms with Crippen molar-refractivity contribution in [3.63, 3.8) is 0 Å². The first-order chi connectivity index (χ1) is 8.31. The van der Waals surface area contributed by atoms with Gasteiger partial charge in [-0.2, -0.15) is 0 Å². The van der Waals surface area contributed by atoms with E-state index in [9.17, 15) is 22.4 Å². The molecule has 1 aliphatic rings. The predicted octanol–water partition coefficient (Wildman–Crippen LogP) is 3.46. The highest BCUT2D eigenvalue weighted by Gasteiger charge is 2.49. The van der Waals surface area contributed by atoms with Crippen LogP contribution in [-0.2, 0) is 4.74 Å². The molecule has 1 aromatic rings. The Hall–Kier alpha value is -1.21. The van der Waals surface area contributed by atoms with E-state index in [-0.39, 0.29) is 17.4 Å². The molecule has 0 aromatic heterocycles. The van der Waals surface area contributed by atoms with Crippen LogP contribution in [0.4, 0.5) is 22.4 Å². The predicted molar refractivity (Wildman–Crippen MR) is 60.8 cm³/mol. The first-order valence-electron chi connectivity index (χ1n) is 4.77. The van der Waals surface area contributed by atoms with E-state index in [4.69, 9.17) is 11.6 Å². The Labute approximate surface area is 116 Å². The average Bonchev–Trinajstić information content (AvgIpc) is 2.22. The lowest BCUT2D eigenvalue weighted by molar-refractivity contribution is -0.105. The lowest BCUT2D eigenvalue weighted by atomic mass is 9.99. The van der Waals surface area contributed by atoms with Gasteiger partial charge in [-0.15, -0.1) is 12.4 Å². The SMILES string of the molecule is Cl.O=C1N[C@H](c2c(F)cc(Cl)cc2F)C(F)(F)CO1. The fraction of sp³-hybridized carbons (Fsp3) is 0.300. The molecule has 0 spiro atoms. The van der Waals surface area contributed by atoms with Crippen LogP contribution < -0.4 is 5.32 Å². The summed E-state index contributed by atoms with van der Waals surface area (Å²) in [6.45, 7) is -1.25. The zero-order valence-electron chi connectivity index (χ0n) is 9.05. The number of hydrogen-bond acceptors (Lipinski definition) is 2. The summed E-state index contributed by atoms with van der Waals surface area (Å²) in [5, 5.41) is 1.42. The maximum atomic E-state index is 13.5. The second-order valence-corrected chi connectivity index (χ2v) is 4.13. The number of nitrogens with one attached hydrogen (secondary N) is 1. The summed E-state index contributed by atoms with van der Waals surface area (Å²) < 4.78 is 58.1. The highest BCUT2D eigenvalue weighted by atomic mass is 35.5. The van der Waals surface area contributed by atoms with Crippen LogP contribution in [0.3, 0.4) is 0 Å². The highest BCUT2D eigenvalue weighted by Crippen LogP contribution is 2.37. The topological polar surface area (TPSA) is 38.3 Å². The molecule has 1 saturated heterocycles. The van der Waals surface area contributed by atoms with Crippen molar-refractivity contribution in [3.8, 4) is 0 Å². The molecule has 1 N–H and O–H groups in total. The molecule has 0 radical (unpaired) electrons. The standard InChI is InChI=1S/C10H6ClF4NO2.ClH/c11-4-1-5(12)7(6(13)2-4)8-10(14,15)3-18-9(17)16-8;/h1-2,8H,3H2,(H,16,17);1H/t8-;/m1./s1. The first-order valence-corrected chi connectivity index (χ1v) is 5.14. The zero-order chi connectivity index (χ0) is 13.5. The number of carbonyl (C=O) groups is 1. The third-order valence-corrected chi connectivity index (χ3v) is 2.63. The van der Waals surface area contributed by atoms with E-state index in [0.717, 1.165) is 0 Å². The third-order valence-electron chi connectivity index (χ3n) is 2.41. The summed E-state index contributed by atoms with van der Waals surface area (Å²) in [5.41, 5.74) is -0.943. The molecule has 0 aliphatic carbocycles. The van der Waals surface area contributed by atoms with Crippen LogP contribution >= 0.6 is 24.0 Å². The molecule has 1 aliphatic heterocycles.